The first-order valence-electron chi connectivity index (χ1n) is 8.44. The van der Waals surface area contributed by atoms with Gasteiger partial charge in [0.15, 0.2) is 5.16 Å². The molecule has 27 heavy (non-hydrogen) atoms. The molecule has 136 valence electrons. The van der Waals surface area contributed by atoms with Gasteiger partial charge in [0.1, 0.15) is 5.75 Å². The molecule has 0 radical (unpaired) electrons. The van der Waals surface area contributed by atoms with Crippen molar-refractivity contribution in [1.29, 1.82) is 0 Å². The molecule has 0 aliphatic heterocycles. The van der Waals surface area contributed by atoms with Gasteiger partial charge in [-0.3, -0.25) is 0 Å². The number of ether oxygens (including phenoxy) is 1. The van der Waals surface area contributed by atoms with E-state index in [0.717, 1.165) is 27.5 Å². The molecular formula is C20H18N4O2S. The lowest BCUT2D eigenvalue weighted by Crippen LogP contribution is -1.97. The predicted octanol–water partition coefficient (Wildman–Crippen LogP) is 4.57. The molecule has 0 aliphatic carbocycles. The summed E-state index contributed by atoms with van der Waals surface area (Å²) in [6, 6.07) is 15.6. The second kappa shape index (κ2) is 7.67. The number of aromatic nitrogens is 4. The SMILES string of the molecule is C=CCn1c(SCc2nc(-c3cccc(OC)c3)no2)nc2ccccc21. The van der Waals surface area contributed by atoms with Gasteiger partial charge in [0.25, 0.3) is 0 Å². The molecule has 4 aromatic rings. The smallest absolute Gasteiger partial charge is 0.237 e. The molecule has 7 heteroatoms. The van der Waals surface area contributed by atoms with Crippen LogP contribution in [0.4, 0.5) is 0 Å². The van der Waals surface area contributed by atoms with Gasteiger partial charge in [-0.05, 0) is 24.3 Å². The first-order chi connectivity index (χ1) is 13.3. The minimum Gasteiger partial charge on any atom is -0.497 e. The van der Waals surface area contributed by atoms with Crippen LogP contribution in [0.15, 0.2) is 70.9 Å². The van der Waals surface area contributed by atoms with E-state index in [2.05, 4.69) is 27.4 Å². The lowest BCUT2D eigenvalue weighted by atomic mass is 10.2. The van der Waals surface area contributed by atoms with Crippen LogP contribution in [0.25, 0.3) is 22.4 Å². The van der Waals surface area contributed by atoms with E-state index in [0.29, 0.717) is 24.0 Å². The predicted molar refractivity (Wildman–Crippen MR) is 106 cm³/mol. The standard InChI is InChI=1S/C20H18N4O2S/c1-3-11-24-17-10-5-4-9-16(17)21-20(24)27-13-18-22-19(23-26-18)14-7-6-8-15(12-14)25-2/h3-10,12H,1,11,13H2,2H3. The number of imidazole rings is 1. The van der Waals surface area contributed by atoms with Gasteiger partial charge in [-0.25, -0.2) is 4.98 Å². The molecule has 0 fully saturated rings. The van der Waals surface area contributed by atoms with Crippen molar-refractivity contribution in [2.45, 2.75) is 17.5 Å². The second-order valence-electron chi connectivity index (χ2n) is 5.81. The highest BCUT2D eigenvalue weighted by atomic mass is 32.2. The Morgan fingerprint density at radius 1 is 1.19 bits per heavy atom. The molecule has 0 saturated heterocycles. The van der Waals surface area contributed by atoms with Crippen LogP contribution in [0.1, 0.15) is 5.89 Å². The summed E-state index contributed by atoms with van der Waals surface area (Å²) >= 11 is 1.57. The molecule has 0 saturated carbocycles. The van der Waals surface area contributed by atoms with Crippen molar-refractivity contribution in [3.8, 4) is 17.1 Å². The molecular weight excluding hydrogens is 360 g/mol. The van der Waals surface area contributed by atoms with Crippen LogP contribution in [0.2, 0.25) is 0 Å². The normalized spacial score (nSPS) is 11.0. The van der Waals surface area contributed by atoms with Crippen molar-refractivity contribution in [1.82, 2.24) is 19.7 Å². The number of nitrogens with zero attached hydrogens (tertiary/aromatic N) is 4. The van der Waals surface area contributed by atoms with E-state index in [4.69, 9.17) is 14.2 Å². The van der Waals surface area contributed by atoms with Crippen LogP contribution >= 0.6 is 11.8 Å². The number of methoxy groups -OCH3 is 1. The lowest BCUT2D eigenvalue weighted by molar-refractivity contribution is 0.391. The molecule has 0 atom stereocenters. The molecule has 2 aromatic carbocycles. The summed E-state index contributed by atoms with van der Waals surface area (Å²) in [5.41, 5.74) is 2.90. The molecule has 0 N–H and O–H groups in total. The summed E-state index contributed by atoms with van der Waals surface area (Å²) in [7, 11) is 1.63. The van der Waals surface area contributed by atoms with Crippen LogP contribution in [-0.2, 0) is 12.3 Å². The van der Waals surface area contributed by atoms with Gasteiger partial charge in [-0.1, -0.05) is 47.3 Å². The Morgan fingerprint density at radius 2 is 2.07 bits per heavy atom. The van der Waals surface area contributed by atoms with Gasteiger partial charge in [0.2, 0.25) is 11.7 Å². The Bertz CT molecular complexity index is 1090. The zero-order valence-corrected chi connectivity index (χ0v) is 15.6. The Kier molecular flexibility index (Phi) is 4.93. The largest absolute Gasteiger partial charge is 0.497 e. The van der Waals surface area contributed by atoms with Crippen LogP contribution in [-0.4, -0.2) is 26.8 Å². The molecule has 2 heterocycles. The maximum absolute atomic E-state index is 5.41. The minimum atomic E-state index is 0.539. The van der Waals surface area contributed by atoms with Crippen molar-refractivity contribution >= 4 is 22.8 Å². The topological polar surface area (TPSA) is 66.0 Å². The summed E-state index contributed by atoms with van der Waals surface area (Å²) in [6.07, 6.45) is 1.87. The quantitative estimate of drug-likeness (QED) is 0.347. The molecule has 0 bridgehead atoms. The Morgan fingerprint density at radius 3 is 2.93 bits per heavy atom. The van der Waals surface area contributed by atoms with Gasteiger partial charge >= 0.3 is 0 Å². The number of rotatable bonds is 7. The van der Waals surface area contributed by atoms with Crippen LogP contribution in [0.3, 0.4) is 0 Å². The van der Waals surface area contributed by atoms with E-state index < -0.39 is 0 Å². The number of hydrogen-bond acceptors (Lipinski definition) is 6. The fourth-order valence-corrected chi connectivity index (χ4v) is 3.65. The van der Waals surface area contributed by atoms with Crippen LogP contribution in [0, 0.1) is 0 Å². The van der Waals surface area contributed by atoms with E-state index in [-0.39, 0.29) is 0 Å². The molecule has 0 aliphatic rings. The Balaban J connectivity index is 1.54. The zero-order valence-electron chi connectivity index (χ0n) is 14.8. The molecule has 0 amide bonds. The fraction of sp³-hybridized carbons (Fsp3) is 0.150. The average molecular weight is 378 g/mol. The van der Waals surface area contributed by atoms with Crippen LogP contribution < -0.4 is 4.74 Å². The Hall–Kier alpha value is -3.06. The van der Waals surface area contributed by atoms with E-state index in [9.17, 15) is 0 Å². The zero-order chi connectivity index (χ0) is 18.6. The highest BCUT2D eigenvalue weighted by Gasteiger charge is 2.14. The Labute approximate surface area is 160 Å². The third-order valence-electron chi connectivity index (χ3n) is 4.05. The van der Waals surface area contributed by atoms with Crippen molar-refractivity contribution < 1.29 is 9.26 Å². The number of para-hydroxylation sites is 2. The summed E-state index contributed by atoms with van der Waals surface area (Å²) in [6.45, 7) is 4.54. The van der Waals surface area contributed by atoms with Gasteiger partial charge in [0, 0.05) is 12.1 Å². The monoisotopic (exact) mass is 378 g/mol. The molecule has 6 nitrogen and oxygen atoms in total. The van der Waals surface area contributed by atoms with Crippen LogP contribution in [0.5, 0.6) is 5.75 Å². The average Bonchev–Trinajstić information content (AvgIpc) is 3.32. The first-order valence-corrected chi connectivity index (χ1v) is 9.43. The minimum absolute atomic E-state index is 0.539. The highest BCUT2D eigenvalue weighted by molar-refractivity contribution is 7.98. The third kappa shape index (κ3) is 3.59. The highest BCUT2D eigenvalue weighted by Crippen LogP contribution is 2.27. The summed E-state index contributed by atoms with van der Waals surface area (Å²) in [4.78, 5) is 9.19. The number of allylic oxidation sites excluding steroid dienone is 1. The van der Waals surface area contributed by atoms with Gasteiger partial charge in [0.05, 0.1) is 23.9 Å². The molecule has 0 unspecified atom stereocenters. The van der Waals surface area contributed by atoms with E-state index in [1.807, 2.05) is 48.5 Å². The number of hydrogen-bond donors (Lipinski definition) is 0. The van der Waals surface area contributed by atoms with Crippen molar-refractivity contribution in [3.05, 3.63) is 67.1 Å². The number of thioether (sulfide) groups is 1. The van der Waals surface area contributed by atoms with Crippen molar-refractivity contribution in [2.24, 2.45) is 0 Å². The van der Waals surface area contributed by atoms with Crippen molar-refractivity contribution in [2.75, 3.05) is 7.11 Å². The molecule has 4 rings (SSSR count). The van der Waals surface area contributed by atoms with E-state index >= 15 is 0 Å². The fourth-order valence-electron chi connectivity index (χ4n) is 2.79. The van der Waals surface area contributed by atoms with Gasteiger partial charge in [-0.2, -0.15) is 4.98 Å². The van der Waals surface area contributed by atoms with Gasteiger partial charge in [-0.15, -0.1) is 6.58 Å². The van der Waals surface area contributed by atoms with Gasteiger partial charge < -0.3 is 13.8 Å². The molecule has 2 aromatic heterocycles. The lowest BCUT2D eigenvalue weighted by Gasteiger charge is -2.04. The van der Waals surface area contributed by atoms with E-state index in [1.54, 1.807) is 18.9 Å². The number of benzene rings is 2. The maximum Gasteiger partial charge on any atom is 0.237 e. The van der Waals surface area contributed by atoms with E-state index in [1.165, 1.54) is 0 Å². The molecule has 0 spiro atoms. The first kappa shape index (κ1) is 17.4. The summed E-state index contributed by atoms with van der Waals surface area (Å²) in [5, 5.41) is 4.98. The second-order valence-corrected chi connectivity index (χ2v) is 6.76. The maximum atomic E-state index is 5.41. The number of fused-ring (bicyclic) bond motifs is 1. The summed E-state index contributed by atoms with van der Waals surface area (Å²) in [5.74, 6) is 2.39. The summed E-state index contributed by atoms with van der Waals surface area (Å²) < 4.78 is 12.8. The van der Waals surface area contributed by atoms with Crippen molar-refractivity contribution in [3.63, 3.8) is 0 Å². The third-order valence-corrected chi connectivity index (χ3v) is 5.01.